The van der Waals surface area contributed by atoms with Crippen molar-refractivity contribution >= 4 is 11.6 Å². The molecule has 2 aromatic carbocycles. The fraction of sp³-hybridized carbons (Fsp3) is 0.280. The molecule has 2 heterocycles. The van der Waals surface area contributed by atoms with Gasteiger partial charge in [-0.2, -0.15) is 4.52 Å². The summed E-state index contributed by atoms with van der Waals surface area (Å²) in [6.07, 6.45) is 0. The van der Waals surface area contributed by atoms with E-state index in [1.807, 2.05) is 13.0 Å². The minimum atomic E-state index is -0.259. The van der Waals surface area contributed by atoms with Crippen LogP contribution in [0.3, 0.4) is 0 Å². The SMILES string of the molecule is CCOc1ccc(OCC(=O)NCCOc2ccc3nnc(-c4ccc(OC)c(OC)c4)n3n2)cc1. The highest BCUT2D eigenvalue weighted by Crippen LogP contribution is 2.31. The minimum Gasteiger partial charge on any atom is -0.494 e. The van der Waals surface area contributed by atoms with Crippen molar-refractivity contribution in [1.29, 1.82) is 0 Å². The third-order valence-electron chi connectivity index (χ3n) is 5.06. The van der Waals surface area contributed by atoms with Crippen LogP contribution in [0.15, 0.2) is 54.6 Å². The van der Waals surface area contributed by atoms with E-state index < -0.39 is 0 Å². The lowest BCUT2D eigenvalue weighted by molar-refractivity contribution is -0.123. The van der Waals surface area contributed by atoms with Gasteiger partial charge < -0.3 is 29.0 Å². The maximum atomic E-state index is 12.1. The lowest BCUT2D eigenvalue weighted by Crippen LogP contribution is -2.32. The molecule has 0 aliphatic carbocycles. The second-order valence-corrected chi connectivity index (χ2v) is 7.43. The van der Waals surface area contributed by atoms with Crippen LogP contribution in [0, 0.1) is 0 Å². The van der Waals surface area contributed by atoms with E-state index in [4.69, 9.17) is 23.7 Å². The second kappa shape index (κ2) is 11.7. The summed E-state index contributed by atoms with van der Waals surface area (Å²) in [5.41, 5.74) is 1.32. The van der Waals surface area contributed by atoms with Gasteiger partial charge in [-0.15, -0.1) is 15.3 Å². The van der Waals surface area contributed by atoms with Gasteiger partial charge in [0.05, 0.1) is 27.4 Å². The number of methoxy groups -OCH3 is 2. The number of ether oxygens (including phenoxy) is 5. The average molecular weight is 494 g/mol. The molecule has 4 aromatic rings. The van der Waals surface area contributed by atoms with Crippen LogP contribution in [0.2, 0.25) is 0 Å². The molecule has 188 valence electrons. The van der Waals surface area contributed by atoms with Gasteiger partial charge in [-0.1, -0.05) is 0 Å². The smallest absolute Gasteiger partial charge is 0.258 e. The van der Waals surface area contributed by atoms with E-state index in [0.29, 0.717) is 41.2 Å². The topological polar surface area (TPSA) is 118 Å². The number of nitrogens with zero attached hydrogens (tertiary/aromatic N) is 4. The summed E-state index contributed by atoms with van der Waals surface area (Å²) in [6.45, 7) is 2.91. The molecule has 0 bridgehead atoms. The molecular weight excluding hydrogens is 466 g/mol. The third-order valence-corrected chi connectivity index (χ3v) is 5.06. The molecule has 0 fully saturated rings. The zero-order valence-corrected chi connectivity index (χ0v) is 20.3. The molecule has 2 aromatic heterocycles. The Hall–Kier alpha value is -4.54. The van der Waals surface area contributed by atoms with E-state index >= 15 is 0 Å². The molecule has 0 spiro atoms. The van der Waals surface area contributed by atoms with E-state index in [-0.39, 0.29) is 25.7 Å². The van der Waals surface area contributed by atoms with Crippen molar-refractivity contribution in [1.82, 2.24) is 25.1 Å². The Bertz CT molecular complexity index is 1310. The molecule has 0 unspecified atom stereocenters. The van der Waals surface area contributed by atoms with E-state index in [9.17, 15) is 4.79 Å². The van der Waals surface area contributed by atoms with Gasteiger partial charge in [0.25, 0.3) is 5.91 Å². The first-order valence-electron chi connectivity index (χ1n) is 11.3. The Balaban J connectivity index is 1.29. The number of amides is 1. The molecular formula is C25H27N5O6. The van der Waals surface area contributed by atoms with E-state index in [2.05, 4.69) is 20.6 Å². The molecule has 11 nitrogen and oxygen atoms in total. The average Bonchev–Trinajstić information content (AvgIpc) is 3.34. The third kappa shape index (κ3) is 5.93. The normalized spacial score (nSPS) is 10.6. The van der Waals surface area contributed by atoms with Crippen LogP contribution >= 0.6 is 0 Å². The maximum absolute atomic E-state index is 12.1. The summed E-state index contributed by atoms with van der Waals surface area (Å²) in [4.78, 5) is 12.1. The van der Waals surface area contributed by atoms with Crippen LogP contribution in [-0.2, 0) is 4.79 Å². The highest BCUT2D eigenvalue weighted by molar-refractivity contribution is 5.77. The number of benzene rings is 2. The Morgan fingerprint density at radius 3 is 2.36 bits per heavy atom. The van der Waals surface area contributed by atoms with E-state index in [1.54, 1.807) is 67.3 Å². The summed E-state index contributed by atoms with van der Waals surface area (Å²) in [5.74, 6) is 3.15. The molecule has 0 aliphatic heterocycles. The van der Waals surface area contributed by atoms with Crippen LogP contribution in [-0.4, -0.2) is 66.3 Å². The van der Waals surface area contributed by atoms with Crippen molar-refractivity contribution in [2.45, 2.75) is 6.92 Å². The molecule has 36 heavy (non-hydrogen) atoms. The van der Waals surface area contributed by atoms with Crippen LogP contribution in [0.5, 0.6) is 28.9 Å². The number of rotatable bonds is 12. The van der Waals surface area contributed by atoms with Crippen LogP contribution in [0.25, 0.3) is 17.0 Å². The summed E-state index contributed by atoms with van der Waals surface area (Å²) in [5, 5.41) is 15.6. The van der Waals surface area contributed by atoms with Crippen LogP contribution in [0.4, 0.5) is 0 Å². The zero-order chi connectivity index (χ0) is 25.3. The van der Waals surface area contributed by atoms with Crippen LogP contribution < -0.4 is 29.0 Å². The zero-order valence-electron chi connectivity index (χ0n) is 20.3. The highest BCUT2D eigenvalue weighted by atomic mass is 16.5. The first kappa shape index (κ1) is 24.6. The monoisotopic (exact) mass is 493 g/mol. The summed E-state index contributed by atoms with van der Waals surface area (Å²) >= 11 is 0. The molecule has 0 atom stereocenters. The van der Waals surface area contributed by atoms with Gasteiger partial charge in [0.1, 0.15) is 18.1 Å². The Morgan fingerprint density at radius 1 is 0.889 bits per heavy atom. The number of carbonyl (C=O) groups is 1. The lowest BCUT2D eigenvalue weighted by atomic mass is 10.2. The van der Waals surface area contributed by atoms with Gasteiger partial charge in [-0.3, -0.25) is 4.79 Å². The predicted molar refractivity (Wildman–Crippen MR) is 131 cm³/mol. The van der Waals surface area contributed by atoms with Gasteiger partial charge in [-0.05, 0) is 55.5 Å². The molecule has 0 saturated carbocycles. The molecule has 0 saturated heterocycles. The largest absolute Gasteiger partial charge is 0.494 e. The quantitative estimate of drug-likeness (QED) is 0.297. The summed E-state index contributed by atoms with van der Waals surface area (Å²) in [6, 6.07) is 16.0. The van der Waals surface area contributed by atoms with E-state index in [0.717, 1.165) is 11.3 Å². The minimum absolute atomic E-state index is 0.104. The van der Waals surface area contributed by atoms with E-state index in [1.165, 1.54) is 0 Å². The molecule has 4 rings (SSSR count). The Kier molecular flexibility index (Phi) is 8.01. The fourth-order valence-corrected chi connectivity index (χ4v) is 3.35. The summed E-state index contributed by atoms with van der Waals surface area (Å²) < 4.78 is 28.8. The Labute approximate surface area is 207 Å². The molecule has 11 heteroatoms. The lowest BCUT2D eigenvalue weighted by Gasteiger charge is -2.10. The van der Waals surface area contributed by atoms with Crippen molar-refractivity contribution in [3.8, 4) is 40.3 Å². The van der Waals surface area contributed by atoms with Crippen molar-refractivity contribution < 1.29 is 28.5 Å². The second-order valence-electron chi connectivity index (χ2n) is 7.43. The van der Waals surface area contributed by atoms with Gasteiger partial charge in [0, 0.05) is 11.6 Å². The highest BCUT2D eigenvalue weighted by Gasteiger charge is 2.14. The van der Waals surface area contributed by atoms with Gasteiger partial charge >= 0.3 is 0 Å². The van der Waals surface area contributed by atoms with Crippen LogP contribution in [0.1, 0.15) is 6.92 Å². The number of aromatic nitrogens is 4. The first-order chi connectivity index (χ1) is 17.6. The molecule has 1 amide bonds. The predicted octanol–water partition coefficient (Wildman–Crippen LogP) is 2.78. The maximum Gasteiger partial charge on any atom is 0.258 e. The molecule has 0 radical (unpaired) electrons. The van der Waals surface area contributed by atoms with Crippen molar-refractivity contribution in [2.75, 3.05) is 40.6 Å². The standard InChI is InChI=1S/C25H27N5O6/c1-4-34-18-6-8-19(9-7-18)36-16-23(31)26-13-14-35-24-12-11-22-27-28-25(30(22)29-24)17-5-10-20(32-2)21(15-17)33-3/h5-12,15H,4,13-14,16H2,1-3H3,(H,26,31). The van der Waals surface area contributed by atoms with Crippen molar-refractivity contribution in [3.63, 3.8) is 0 Å². The number of nitrogens with one attached hydrogen (secondary N) is 1. The number of carbonyl (C=O) groups excluding carboxylic acids is 1. The number of fused-ring (bicyclic) bond motifs is 1. The number of hydrogen-bond donors (Lipinski definition) is 1. The summed E-state index contributed by atoms with van der Waals surface area (Å²) in [7, 11) is 3.14. The van der Waals surface area contributed by atoms with Gasteiger partial charge in [0.15, 0.2) is 29.6 Å². The van der Waals surface area contributed by atoms with Crippen molar-refractivity contribution in [3.05, 3.63) is 54.6 Å². The Morgan fingerprint density at radius 2 is 1.64 bits per heavy atom. The molecule has 1 N–H and O–H groups in total. The van der Waals surface area contributed by atoms with Gasteiger partial charge in [-0.25, -0.2) is 0 Å². The number of hydrogen-bond acceptors (Lipinski definition) is 9. The van der Waals surface area contributed by atoms with Gasteiger partial charge in [0.2, 0.25) is 5.88 Å². The first-order valence-corrected chi connectivity index (χ1v) is 11.3. The molecule has 0 aliphatic rings. The fourth-order valence-electron chi connectivity index (χ4n) is 3.35. The van der Waals surface area contributed by atoms with Crippen molar-refractivity contribution in [2.24, 2.45) is 0 Å².